The van der Waals surface area contributed by atoms with E-state index in [1.165, 1.54) is 5.56 Å². The zero-order valence-electron chi connectivity index (χ0n) is 10.7. The topological polar surface area (TPSA) is 127 Å². The van der Waals surface area contributed by atoms with Gasteiger partial charge >= 0.3 is 5.97 Å². The Labute approximate surface area is 112 Å². The number of rotatable bonds is 6. The molecule has 1 unspecified atom stereocenters. The lowest BCUT2D eigenvalue weighted by Gasteiger charge is -1.99. The Balaban J connectivity index is 0.000000344. The van der Waals surface area contributed by atoms with Gasteiger partial charge in [0.2, 0.25) is 5.91 Å². The van der Waals surface area contributed by atoms with Gasteiger partial charge in [-0.25, -0.2) is 0 Å². The van der Waals surface area contributed by atoms with Gasteiger partial charge in [0.05, 0.1) is 6.42 Å². The largest absolute Gasteiger partial charge is 0.480 e. The smallest absolute Gasteiger partial charge is 0.321 e. The Morgan fingerprint density at radius 1 is 1.21 bits per heavy atom. The second kappa shape index (κ2) is 10.0. The molecule has 0 saturated carbocycles. The van der Waals surface area contributed by atoms with E-state index in [0.29, 0.717) is 0 Å². The third-order valence-corrected chi connectivity index (χ3v) is 2.20. The van der Waals surface area contributed by atoms with Crippen molar-refractivity contribution in [3.8, 4) is 0 Å². The van der Waals surface area contributed by atoms with Crippen LogP contribution in [0.15, 0.2) is 30.3 Å². The van der Waals surface area contributed by atoms with Crippen LogP contribution in [0.1, 0.15) is 18.4 Å². The first-order valence-electron chi connectivity index (χ1n) is 5.88. The first-order chi connectivity index (χ1) is 8.97. The van der Waals surface area contributed by atoms with Gasteiger partial charge in [-0.1, -0.05) is 30.3 Å². The second-order valence-corrected chi connectivity index (χ2v) is 3.93. The van der Waals surface area contributed by atoms with E-state index in [2.05, 4.69) is 17.9 Å². The number of carboxylic acid groups (broad SMARTS) is 1. The molecular weight excluding hydrogens is 248 g/mol. The molecule has 0 fully saturated rings. The van der Waals surface area contributed by atoms with Crippen LogP contribution in [-0.4, -0.2) is 34.7 Å². The molecule has 6 N–H and O–H groups in total. The van der Waals surface area contributed by atoms with Crippen molar-refractivity contribution in [2.24, 2.45) is 11.5 Å². The molecule has 1 atom stereocenters. The molecule has 0 spiro atoms. The number of hydrogen-bond acceptors (Lipinski definition) is 4. The minimum Gasteiger partial charge on any atom is -0.480 e. The van der Waals surface area contributed by atoms with E-state index in [1.54, 1.807) is 0 Å². The van der Waals surface area contributed by atoms with Crippen LogP contribution in [0.25, 0.3) is 0 Å². The maximum absolute atomic E-state index is 9.99. The van der Waals surface area contributed by atoms with Crippen molar-refractivity contribution in [1.82, 2.24) is 0 Å². The summed E-state index contributed by atoms with van der Waals surface area (Å²) >= 11 is 0. The molecule has 0 heterocycles. The summed E-state index contributed by atoms with van der Waals surface area (Å²) < 4.78 is 0. The molecular formula is C13H20N2O4. The molecule has 1 rings (SSSR count). The molecule has 6 heteroatoms. The van der Waals surface area contributed by atoms with Gasteiger partial charge in [0, 0.05) is 6.61 Å². The minimum atomic E-state index is -1.21. The monoisotopic (exact) mass is 268 g/mol. The molecule has 0 radical (unpaired) electrons. The fourth-order valence-electron chi connectivity index (χ4n) is 1.23. The molecule has 1 aromatic carbocycles. The quantitative estimate of drug-likeness (QED) is 0.572. The highest BCUT2D eigenvalue weighted by Gasteiger charge is 2.13. The van der Waals surface area contributed by atoms with Crippen molar-refractivity contribution in [3.05, 3.63) is 35.9 Å². The Kier molecular flexibility index (Phi) is 9.03. The Morgan fingerprint density at radius 2 is 1.79 bits per heavy atom. The van der Waals surface area contributed by atoms with Gasteiger partial charge in [0.1, 0.15) is 6.04 Å². The summed E-state index contributed by atoms with van der Waals surface area (Å²) in [4.78, 5) is 19.9. The van der Waals surface area contributed by atoms with Crippen molar-refractivity contribution in [2.75, 3.05) is 6.61 Å². The first-order valence-corrected chi connectivity index (χ1v) is 5.88. The summed E-state index contributed by atoms with van der Waals surface area (Å²) in [5.74, 6) is -1.92. The number of carbonyl (C=O) groups excluding carboxylic acids is 1. The van der Waals surface area contributed by atoms with Crippen LogP contribution >= 0.6 is 0 Å². The number of carbonyl (C=O) groups is 2. The zero-order valence-corrected chi connectivity index (χ0v) is 10.7. The van der Waals surface area contributed by atoms with E-state index in [9.17, 15) is 9.59 Å². The minimum absolute atomic E-state index is 0.287. The fraction of sp³-hybridized carbons (Fsp3) is 0.385. The predicted octanol–water partition coefficient (Wildman–Crippen LogP) is -0.115. The summed E-state index contributed by atoms with van der Waals surface area (Å²) in [6.07, 6.45) is 1.54. The molecule has 0 aromatic heterocycles. The van der Waals surface area contributed by atoms with E-state index in [-0.39, 0.29) is 13.0 Å². The Hall–Kier alpha value is -1.92. The number of nitrogens with two attached hydrogens (primary N) is 2. The van der Waals surface area contributed by atoms with Gasteiger partial charge in [0.15, 0.2) is 0 Å². The van der Waals surface area contributed by atoms with Crippen molar-refractivity contribution < 1.29 is 19.8 Å². The molecule has 0 aliphatic carbocycles. The van der Waals surface area contributed by atoms with Gasteiger partial charge < -0.3 is 21.7 Å². The number of aliphatic carboxylic acids is 1. The molecule has 1 amide bonds. The second-order valence-electron chi connectivity index (χ2n) is 3.93. The predicted molar refractivity (Wildman–Crippen MR) is 71.3 cm³/mol. The number of aliphatic hydroxyl groups excluding tert-OH is 1. The van der Waals surface area contributed by atoms with E-state index in [0.717, 1.165) is 12.8 Å². The van der Waals surface area contributed by atoms with Crippen LogP contribution in [0, 0.1) is 0 Å². The van der Waals surface area contributed by atoms with E-state index in [4.69, 9.17) is 15.9 Å². The van der Waals surface area contributed by atoms with Crippen molar-refractivity contribution in [2.45, 2.75) is 25.3 Å². The number of hydrogen-bond donors (Lipinski definition) is 4. The molecule has 0 aliphatic rings. The molecule has 106 valence electrons. The van der Waals surface area contributed by atoms with Crippen LogP contribution < -0.4 is 11.5 Å². The fourth-order valence-corrected chi connectivity index (χ4v) is 1.23. The molecule has 19 heavy (non-hydrogen) atoms. The van der Waals surface area contributed by atoms with Gasteiger partial charge in [-0.05, 0) is 18.4 Å². The highest BCUT2D eigenvalue weighted by atomic mass is 16.4. The van der Waals surface area contributed by atoms with Crippen molar-refractivity contribution in [3.63, 3.8) is 0 Å². The first kappa shape index (κ1) is 17.1. The number of amides is 1. The standard InChI is InChI=1S/C9H12O.C4H8N2O3/c10-8-4-7-9-5-2-1-3-6-9;5-2(4(8)9)1-3(6)7/h1-3,5-6,10H,4,7-8H2;2H,1,5H2,(H2,6,7)(H,8,9). The number of aryl methyl sites for hydroxylation is 1. The maximum Gasteiger partial charge on any atom is 0.321 e. The molecule has 6 nitrogen and oxygen atoms in total. The summed E-state index contributed by atoms with van der Waals surface area (Å²) in [7, 11) is 0. The van der Waals surface area contributed by atoms with Crippen LogP contribution in [0.4, 0.5) is 0 Å². The molecule has 0 bridgehead atoms. The van der Waals surface area contributed by atoms with E-state index < -0.39 is 17.9 Å². The van der Waals surface area contributed by atoms with Crippen molar-refractivity contribution in [1.29, 1.82) is 0 Å². The van der Waals surface area contributed by atoms with Crippen LogP contribution in [-0.2, 0) is 16.0 Å². The lowest BCUT2D eigenvalue weighted by Crippen LogP contribution is -2.34. The number of aliphatic hydroxyl groups is 1. The molecule has 1 aromatic rings. The number of carboxylic acids is 1. The highest BCUT2D eigenvalue weighted by Crippen LogP contribution is 2.00. The SMILES string of the molecule is NC(=O)CC(N)C(=O)O.OCCCc1ccccc1. The summed E-state index contributed by atoms with van der Waals surface area (Å²) in [6.45, 7) is 0.287. The van der Waals surface area contributed by atoms with Gasteiger partial charge in [-0.15, -0.1) is 0 Å². The van der Waals surface area contributed by atoms with Gasteiger partial charge in [-0.3, -0.25) is 9.59 Å². The van der Waals surface area contributed by atoms with Gasteiger partial charge in [0.25, 0.3) is 0 Å². The highest BCUT2D eigenvalue weighted by molar-refractivity contribution is 5.83. The zero-order chi connectivity index (χ0) is 14.7. The Morgan fingerprint density at radius 3 is 2.16 bits per heavy atom. The van der Waals surface area contributed by atoms with Gasteiger partial charge in [-0.2, -0.15) is 0 Å². The summed E-state index contributed by atoms with van der Waals surface area (Å²) in [5, 5.41) is 16.6. The number of primary amides is 1. The summed E-state index contributed by atoms with van der Waals surface area (Å²) in [5.41, 5.74) is 10.9. The van der Waals surface area contributed by atoms with Crippen LogP contribution in [0.5, 0.6) is 0 Å². The van der Waals surface area contributed by atoms with E-state index in [1.807, 2.05) is 18.2 Å². The van der Waals surface area contributed by atoms with Crippen molar-refractivity contribution >= 4 is 11.9 Å². The lowest BCUT2D eigenvalue weighted by molar-refractivity contribution is -0.140. The maximum atomic E-state index is 9.99. The third kappa shape index (κ3) is 9.75. The molecule has 0 aliphatic heterocycles. The van der Waals surface area contributed by atoms with E-state index >= 15 is 0 Å². The lowest BCUT2D eigenvalue weighted by atomic mass is 10.1. The van der Waals surface area contributed by atoms with Crippen LogP contribution in [0.2, 0.25) is 0 Å². The Bertz CT molecular complexity index is 381. The molecule has 0 saturated heterocycles. The van der Waals surface area contributed by atoms with Crippen LogP contribution in [0.3, 0.4) is 0 Å². The third-order valence-electron chi connectivity index (χ3n) is 2.20. The number of benzene rings is 1. The average Bonchev–Trinajstić information content (AvgIpc) is 2.37. The normalized spacial score (nSPS) is 11.1. The average molecular weight is 268 g/mol. The summed E-state index contributed by atoms with van der Waals surface area (Å²) in [6, 6.07) is 9.04.